The molecule has 0 aliphatic carbocycles. The van der Waals surface area contributed by atoms with E-state index in [1.165, 1.54) is 16.8 Å². The highest BCUT2D eigenvalue weighted by Crippen LogP contribution is 2.45. The number of allylic oxidation sites excluding steroid dienone is 1. The van der Waals surface area contributed by atoms with Gasteiger partial charge in [0.05, 0.1) is 16.9 Å². The molecule has 4 N–H and O–H groups in total. The Bertz CT molecular complexity index is 729. The molecule has 3 heteroatoms. The molecule has 0 fully saturated rings. The molecule has 1 aliphatic rings. The van der Waals surface area contributed by atoms with Crippen molar-refractivity contribution < 1.29 is 0 Å². The second kappa shape index (κ2) is 4.55. The summed E-state index contributed by atoms with van der Waals surface area (Å²) >= 11 is 0. The summed E-state index contributed by atoms with van der Waals surface area (Å²) in [5.41, 5.74) is 18.1. The quantitative estimate of drug-likeness (QED) is 0.770. The van der Waals surface area contributed by atoms with Gasteiger partial charge in [-0.3, -0.25) is 0 Å². The maximum atomic E-state index is 6.22. The molecule has 0 saturated heterocycles. The van der Waals surface area contributed by atoms with Crippen molar-refractivity contribution in [2.45, 2.75) is 26.3 Å². The molecule has 2 aromatic rings. The van der Waals surface area contributed by atoms with Crippen molar-refractivity contribution in [2.24, 2.45) is 0 Å². The van der Waals surface area contributed by atoms with E-state index in [2.05, 4.69) is 56.0 Å². The second-order valence-electron chi connectivity index (χ2n) is 6.15. The van der Waals surface area contributed by atoms with Crippen LogP contribution in [0.5, 0.6) is 0 Å². The molecule has 0 amide bonds. The summed E-state index contributed by atoms with van der Waals surface area (Å²) in [6.45, 7) is 6.53. The van der Waals surface area contributed by atoms with Gasteiger partial charge < -0.3 is 16.4 Å². The van der Waals surface area contributed by atoms with Crippen molar-refractivity contribution >= 4 is 28.3 Å². The van der Waals surface area contributed by atoms with Crippen LogP contribution in [0.2, 0.25) is 0 Å². The number of fused-ring (bicyclic) bond motifs is 1. The lowest BCUT2D eigenvalue weighted by molar-refractivity contribution is 0.623. The molecule has 0 saturated carbocycles. The Morgan fingerprint density at radius 2 is 1.67 bits per heavy atom. The summed E-state index contributed by atoms with van der Waals surface area (Å²) in [6, 6.07) is 14.1. The van der Waals surface area contributed by atoms with Crippen LogP contribution < -0.4 is 16.4 Å². The Kier molecular flexibility index (Phi) is 2.94. The molecule has 0 radical (unpaired) electrons. The molecule has 2 aromatic carbocycles. The molecule has 0 aromatic heterocycles. The van der Waals surface area contributed by atoms with Gasteiger partial charge in [0, 0.05) is 16.9 Å². The van der Waals surface area contributed by atoms with Crippen molar-refractivity contribution in [3.8, 4) is 0 Å². The molecule has 0 bridgehead atoms. The molecule has 21 heavy (non-hydrogen) atoms. The number of rotatable bonds is 1. The summed E-state index contributed by atoms with van der Waals surface area (Å²) in [7, 11) is 0. The average Bonchev–Trinajstić information content (AvgIpc) is 2.42. The van der Waals surface area contributed by atoms with E-state index in [4.69, 9.17) is 11.5 Å². The lowest BCUT2D eigenvalue weighted by Gasteiger charge is -2.43. The van der Waals surface area contributed by atoms with Crippen LogP contribution in [-0.2, 0) is 0 Å². The largest absolute Gasteiger partial charge is 0.399 e. The number of anilines is 4. The minimum Gasteiger partial charge on any atom is -0.399 e. The van der Waals surface area contributed by atoms with Gasteiger partial charge in [0.2, 0.25) is 0 Å². The Hall–Kier alpha value is -2.42. The number of hydrogen-bond acceptors (Lipinski definition) is 3. The van der Waals surface area contributed by atoms with Crippen molar-refractivity contribution in [2.75, 3.05) is 16.4 Å². The van der Waals surface area contributed by atoms with Crippen LogP contribution in [0.4, 0.5) is 22.7 Å². The Labute approximate surface area is 125 Å². The third-order valence-electron chi connectivity index (χ3n) is 4.01. The first kappa shape index (κ1) is 13.6. The fraction of sp³-hybridized carbons (Fsp3) is 0.222. The zero-order chi connectivity index (χ0) is 15.2. The molecule has 3 rings (SSSR count). The van der Waals surface area contributed by atoms with Gasteiger partial charge in [0.1, 0.15) is 0 Å². The van der Waals surface area contributed by atoms with Gasteiger partial charge in [-0.2, -0.15) is 0 Å². The van der Waals surface area contributed by atoms with Crippen molar-refractivity contribution in [3.63, 3.8) is 0 Å². The molecule has 0 unspecified atom stereocenters. The van der Waals surface area contributed by atoms with Crippen LogP contribution in [-0.4, -0.2) is 5.54 Å². The topological polar surface area (TPSA) is 55.3 Å². The van der Waals surface area contributed by atoms with Crippen LogP contribution in [0.25, 0.3) is 5.57 Å². The van der Waals surface area contributed by atoms with Gasteiger partial charge in [-0.15, -0.1) is 0 Å². The summed E-state index contributed by atoms with van der Waals surface area (Å²) in [4.78, 5) is 2.26. The standard InChI is InChI=1S/C18H21N3/c1-12-11-18(2,3)21(16-7-5-4-6-14(12)16)17-10-13(19)8-9-15(17)20/h4-11H,19-20H2,1-3H3. The SMILES string of the molecule is CC1=CC(C)(C)N(c2cc(N)ccc2N)c2ccccc21. The highest BCUT2D eigenvalue weighted by molar-refractivity contribution is 5.89. The van der Waals surface area contributed by atoms with Crippen LogP contribution in [0, 0.1) is 0 Å². The zero-order valence-electron chi connectivity index (χ0n) is 12.7. The van der Waals surface area contributed by atoms with Gasteiger partial charge in [0.25, 0.3) is 0 Å². The van der Waals surface area contributed by atoms with Gasteiger partial charge in [-0.25, -0.2) is 0 Å². The van der Waals surface area contributed by atoms with Gasteiger partial charge in [-0.05, 0) is 50.6 Å². The van der Waals surface area contributed by atoms with Crippen LogP contribution >= 0.6 is 0 Å². The van der Waals surface area contributed by atoms with E-state index < -0.39 is 0 Å². The third-order valence-corrected chi connectivity index (χ3v) is 4.01. The highest BCUT2D eigenvalue weighted by atomic mass is 15.2. The number of nitrogen functional groups attached to an aromatic ring is 2. The predicted octanol–water partition coefficient (Wildman–Crippen LogP) is 4.18. The van der Waals surface area contributed by atoms with E-state index in [1.807, 2.05) is 18.2 Å². The minimum atomic E-state index is -0.166. The first-order valence-electron chi connectivity index (χ1n) is 7.14. The van der Waals surface area contributed by atoms with Crippen molar-refractivity contribution in [1.82, 2.24) is 0 Å². The lowest BCUT2D eigenvalue weighted by atomic mass is 9.88. The summed E-state index contributed by atoms with van der Waals surface area (Å²) in [5.74, 6) is 0. The smallest absolute Gasteiger partial charge is 0.0672 e. The first-order valence-corrected chi connectivity index (χ1v) is 7.14. The van der Waals surface area contributed by atoms with E-state index in [-0.39, 0.29) is 5.54 Å². The Balaban J connectivity index is 2.28. The molecular weight excluding hydrogens is 258 g/mol. The number of nitrogens with two attached hydrogens (primary N) is 2. The molecule has 1 aliphatic heterocycles. The Morgan fingerprint density at radius 1 is 0.952 bits per heavy atom. The summed E-state index contributed by atoms with van der Waals surface area (Å²) < 4.78 is 0. The van der Waals surface area contributed by atoms with Gasteiger partial charge in [0.15, 0.2) is 0 Å². The molecule has 3 nitrogen and oxygen atoms in total. The van der Waals surface area contributed by atoms with Crippen molar-refractivity contribution in [3.05, 3.63) is 54.1 Å². The van der Waals surface area contributed by atoms with E-state index in [0.29, 0.717) is 0 Å². The number of nitrogens with zero attached hydrogens (tertiary/aromatic N) is 1. The fourth-order valence-corrected chi connectivity index (χ4v) is 3.18. The van der Waals surface area contributed by atoms with Gasteiger partial charge >= 0.3 is 0 Å². The zero-order valence-corrected chi connectivity index (χ0v) is 12.7. The Morgan fingerprint density at radius 3 is 2.43 bits per heavy atom. The fourth-order valence-electron chi connectivity index (χ4n) is 3.18. The van der Waals surface area contributed by atoms with Crippen molar-refractivity contribution in [1.29, 1.82) is 0 Å². The third kappa shape index (κ3) is 2.15. The normalized spacial score (nSPS) is 16.3. The molecule has 108 valence electrons. The maximum Gasteiger partial charge on any atom is 0.0672 e. The predicted molar refractivity (Wildman–Crippen MR) is 91.6 cm³/mol. The van der Waals surface area contributed by atoms with E-state index >= 15 is 0 Å². The van der Waals surface area contributed by atoms with Crippen LogP contribution in [0.3, 0.4) is 0 Å². The van der Waals surface area contributed by atoms with E-state index in [0.717, 1.165) is 17.1 Å². The number of benzene rings is 2. The second-order valence-corrected chi connectivity index (χ2v) is 6.15. The van der Waals surface area contributed by atoms with E-state index in [9.17, 15) is 0 Å². The number of para-hydroxylation sites is 1. The highest BCUT2D eigenvalue weighted by Gasteiger charge is 2.33. The van der Waals surface area contributed by atoms with Crippen LogP contribution in [0.15, 0.2) is 48.5 Å². The average molecular weight is 279 g/mol. The van der Waals surface area contributed by atoms with E-state index in [1.54, 1.807) is 0 Å². The molecular formula is C18H21N3. The molecule has 1 heterocycles. The molecule has 0 atom stereocenters. The summed E-state index contributed by atoms with van der Waals surface area (Å²) in [6.07, 6.45) is 2.28. The van der Waals surface area contributed by atoms with Crippen LogP contribution in [0.1, 0.15) is 26.3 Å². The minimum absolute atomic E-state index is 0.166. The molecule has 0 spiro atoms. The maximum absolute atomic E-state index is 6.22. The lowest BCUT2D eigenvalue weighted by Crippen LogP contribution is -2.41. The number of hydrogen-bond donors (Lipinski definition) is 2. The van der Waals surface area contributed by atoms with Gasteiger partial charge in [-0.1, -0.05) is 24.3 Å². The monoisotopic (exact) mass is 279 g/mol. The first-order chi connectivity index (χ1) is 9.90. The summed E-state index contributed by atoms with van der Waals surface area (Å²) in [5, 5.41) is 0.